The summed E-state index contributed by atoms with van der Waals surface area (Å²) >= 11 is 1.38. The van der Waals surface area contributed by atoms with E-state index in [-0.39, 0.29) is 10.7 Å². The predicted molar refractivity (Wildman–Crippen MR) is 80.9 cm³/mol. The highest BCUT2D eigenvalue weighted by molar-refractivity contribution is 7.15. The molecule has 0 spiro atoms. The van der Waals surface area contributed by atoms with Crippen molar-refractivity contribution in [2.75, 3.05) is 18.5 Å². The van der Waals surface area contributed by atoms with Crippen LogP contribution >= 0.6 is 11.3 Å². The fourth-order valence-corrected chi connectivity index (χ4v) is 2.83. The molecular weight excluding hydrogens is 290 g/mol. The zero-order valence-electron chi connectivity index (χ0n) is 11.3. The third-order valence-corrected chi connectivity index (χ3v) is 3.94. The van der Waals surface area contributed by atoms with E-state index in [2.05, 4.69) is 9.97 Å². The first kappa shape index (κ1) is 13.5. The molecule has 8 heteroatoms. The van der Waals surface area contributed by atoms with Crippen molar-refractivity contribution in [1.82, 2.24) is 14.4 Å². The summed E-state index contributed by atoms with van der Waals surface area (Å²) in [6.07, 6.45) is 4.12. The van der Waals surface area contributed by atoms with Crippen LogP contribution in [0.1, 0.15) is 5.69 Å². The molecule has 0 aliphatic carbocycles. The summed E-state index contributed by atoms with van der Waals surface area (Å²) in [7, 11) is 1.81. The molecular formula is C13H13N5O2S. The lowest BCUT2D eigenvalue weighted by Gasteiger charge is -2.15. The maximum absolute atomic E-state index is 11.3. The van der Waals surface area contributed by atoms with Gasteiger partial charge >= 0.3 is 5.82 Å². The Morgan fingerprint density at radius 3 is 3.05 bits per heavy atom. The number of hydrogen-bond acceptors (Lipinski definition) is 6. The van der Waals surface area contributed by atoms with Crippen molar-refractivity contribution in [1.29, 1.82) is 0 Å². The molecule has 0 fully saturated rings. The highest BCUT2D eigenvalue weighted by atomic mass is 32.1. The summed E-state index contributed by atoms with van der Waals surface area (Å²) in [5.41, 5.74) is 0.952. The van der Waals surface area contributed by atoms with Gasteiger partial charge in [-0.25, -0.2) is 0 Å². The number of thiazole rings is 1. The van der Waals surface area contributed by atoms with Gasteiger partial charge in [-0.15, -0.1) is 0 Å². The summed E-state index contributed by atoms with van der Waals surface area (Å²) in [5, 5.41) is 13.1. The van der Waals surface area contributed by atoms with Crippen LogP contribution in [0, 0.1) is 10.1 Å². The van der Waals surface area contributed by atoms with Gasteiger partial charge in [0.05, 0.1) is 0 Å². The Balaban J connectivity index is 1.84. The fourth-order valence-electron chi connectivity index (χ4n) is 2.12. The lowest BCUT2D eigenvalue weighted by atomic mass is 10.2. The van der Waals surface area contributed by atoms with Gasteiger partial charge in [-0.2, -0.15) is 9.38 Å². The monoisotopic (exact) mass is 303 g/mol. The maximum Gasteiger partial charge on any atom is 0.373 e. The van der Waals surface area contributed by atoms with Crippen molar-refractivity contribution in [3.63, 3.8) is 0 Å². The van der Waals surface area contributed by atoms with Gasteiger partial charge in [0.2, 0.25) is 5.82 Å². The number of nitro groups is 1. The Labute approximate surface area is 124 Å². The van der Waals surface area contributed by atoms with E-state index in [1.807, 2.05) is 25.2 Å². The Hall–Kier alpha value is -2.48. The van der Waals surface area contributed by atoms with Crippen LogP contribution in [0.25, 0.3) is 4.96 Å². The summed E-state index contributed by atoms with van der Waals surface area (Å²) < 4.78 is 1.51. The first-order valence-electron chi connectivity index (χ1n) is 6.38. The Kier molecular flexibility index (Phi) is 3.53. The molecule has 0 amide bonds. The first-order chi connectivity index (χ1) is 10.2. The van der Waals surface area contributed by atoms with Crippen molar-refractivity contribution in [2.45, 2.75) is 6.42 Å². The van der Waals surface area contributed by atoms with Gasteiger partial charge in [-0.05, 0) is 17.1 Å². The normalized spacial score (nSPS) is 10.9. The number of fused-ring (bicyclic) bond motifs is 1. The number of pyridine rings is 1. The standard InChI is InChI=1S/C13H13N5O2S/c1-16(7-5-10-4-2-3-6-14-10)11-12(18(19)20)17-8-9-21-13(17)15-11/h2-4,6,8-9H,5,7H2,1H3. The van der Waals surface area contributed by atoms with Gasteiger partial charge in [-0.3, -0.25) is 4.98 Å². The summed E-state index contributed by atoms with van der Waals surface area (Å²) in [5.74, 6) is 0.401. The topological polar surface area (TPSA) is 76.6 Å². The van der Waals surface area contributed by atoms with Crippen molar-refractivity contribution in [3.8, 4) is 0 Å². The van der Waals surface area contributed by atoms with Crippen LogP contribution in [0.2, 0.25) is 0 Å². The minimum Gasteiger partial charge on any atom is -0.358 e. The van der Waals surface area contributed by atoms with E-state index in [1.54, 1.807) is 22.7 Å². The second-order valence-corrected chi connectivity index (χ2v) is 5.44. The molecule has 3 aromatic heterocycles. The van der Waals surface area contributed by atoms with E-state index < -0.39 is 0 Å². The van der Waals surface area contributed by atoms with Gasteiger partial charge in [0.15, 0.2) is 0 Å². The third-order valence-electron chi connectivity index (χ3n) is 3.18. The molecule has 0 aliphatic rings. The highest BCUT2D eigenvalue weighted by Gasteiger charge is 2.26. The van der Waals surface area contributed by atoms with E-state index in [0.717, 1.165) is 5.69 Å². The molecule has 0 unspecified atom stereocenters. The second kappa shape index (κ2) is 5.49. The second-order valence-electron chi connectivity index (χ2n) is 4.56. The average molecular weight is 303 g/mol. The first-order valence-corrected chi connectivity index (χ1v) is 7.26. The minimum absolute atomic E-state index is 0.00905. The van der Waals surface area contributed by atoms with Gasteiger partial charge in [0, 0.05) is 37.3 Å². The molecule has 0 saturated carbocycles. The zero-order valence-corrected chi connectivity index (χ0v) is 12.2. The van der Waals surface area contributed by atoms with Gasteiger partial charge in [0.25, 0.3) is 4.96 Å². The molecule has 0 N–H and O–H groups in total. The van der Waals surface area contributed by atoms with E-state index in [1.165, 1.54) is 15.7 Å². The zero-order chi connectivity index (χ0) is 14.8. The predicted octanol–water partition coefficient (Wildman–Crippen LogP) is 2.38. The number of aromatic nitrogens is 3. The summed E-state index contributed by atoms with van der Waals surface area (Å²) in [4.78, 5) is 21.9. The van der Waals surface area contributed by atoms with Crippen molar-refractivity contribution >= 4 is 27.9 Å². The lowest BCUT2D eigenvalue weighted by Crippen LogP contribution is -2.22. The molecule has 3 rings (SSSR count). The lowest BCUT2D eigenvalue weighted by molar-refractivity contribution is -0.389. The van der Waals surface area contributed by atoms with Gasteiger partial charge in [-0.1, -0.05) is 17.4 Å². The molecule has 3 heterocycles. The molecule has 108 valence electrons. The van der Waals surface area contributed by atoms with Crippen molar-refractivity contribution in [2.24, 2.45) is 0 Å². The van der Waals surface area contributed by atoms with Crippen LogP contribution in [0.4, 0.5) is 11.6 Å². The maximum atomic E-state index is 11.3. The van der Waals surface area contributed by atoms with Crippen LogP contribution in [0.15, 0.2) is 36.0 Å². The number of anilines is 1. The van der Waals surface area contributed by atoms with E-state index in [0.29, 0.717) is 23.7 Å². The Morgan fingerprint density at radius 1 is 1.48 bits per heavy atom. The smallest absolute Gasteiger partial charge is 0.358 e. The molecule has 0 radical (unpaired) electrons. The molecule has 3 aromatic rings. The van der Waals surface area contributed by atoms with Crippen molar-refractivity contribution < 1.29 is 4.92 Å². The molecule has 0 aromatic carbocycles. The molecule has 7 nitrogen and oxygen atoms in total. The third kappa shape index (κ3) is 2.57. The van der Waals surface area contributed by atoms with Crippen LogP contribution in [-0.4, -0.2) is 32.9 Å². The van der Waals surface area contributed by atoms with Crippen LogP contribution in [0.3, 0.4) is 0 Å². The molecule has 0 atom stereocenters. The van der Waals surface area contributed by atoms with E-state index in [9.17, 15) is 10.1 Å². The minimum atomic E-state index is -0.390. The van der Waals surface area contributed by atoms with Crippen LogP contribution in [-0.2, 0) is 6.42 Å². The number of imidazole rings is 1. The van der Waals surface area contributed by atoms with Gasteiger partial charge in [0.1, 0.15) is 6.20 Å². The van der Waals surface area contributed by atoms with E-state index in [4.69, 9.17) is 0 Å². The quantitative estimate of drug-likeness (QED) is 0.534. The largest absolute Gasteiger partial charge is 0.373 e. The molecule has 0 aliphatic heterocycles. The number of nitrogens with zero attached hydrogens (tertiary/aromatic N) is 5. The fraction of sp³-hybridized carbons (Fsp3) is 0.231. The van der Waals surface area contributed by atoms with Crippen molar-refractivity contribution in [3.05, 3.63) is 51.8 Å². The van der Waals surface area contributed by atoms with Crippen LogP contribution in [0.5, 0.6) is 0 Å². The molecule has 0 bridgehead atoms. The Morgan fingerprint density at radius 2 is 2.33 bits per heavy atom. The van der Waals surface area contributed by atoms with Crippen LogP contribution < -0.4 is 4.90 Å². The average Bonchev–Trinajstić information content (AvgIpc) is 3.05. The molecule has 0 saturated heterocycles. The summed E-state index contributed by atoms with van der Waals surface area (Å²) in [6.45, 7) is 0.614. The number of likely N-dealkylation sites (N-methyl/N-ethyl adjacent to an activating group) is 1. The van der Waals surface area contributed by atoms with E-state index >= 15 is 0 Å². The Bertz CT molecular complexity index is 767. The number of hydrogen-bond donors (Lipinski definition) is 0. The van der Waals surface area contributed by atoms with Gasteiger partial charge < -0.3 is 15.0 Å². The SMILES string of the molecule is CN(CCc1ccccn1)c1nc2sccn2c1[N+](=O)[O-]. The highest BCUT2D eigenvalue weighted by Crippen LogP contribution is 2.30. The number of rotatable bonds is 5. The summed E-state index contributed by atoms with van der Waals surface area (Å²) in [6, 6.07) is 5.73. The molecule has 21 heavy (non-hydrogen) atoms.